The summed E-state index contributed by atoms with van der Waals surface area (Å²) in [5.74, 6) is -8.00. The second kappa shape index (κ2) is 26.6. The Kier molecular flexibility index (Phi) is 27.2. The summed E-state index contributed by atoms with van der Waals surface area (Å²) in [6, 6.07) is 13.8. The monoisotopic (exact) mass is 928 g/mol. The Morgan fingerprint density at radius 2 is 0.531 bits per heavy atom. The summed E-state index contributed by atoms with van der Waals surface area (Å²) in [4.78, 5) is 61.2. The third-order valence-electron chi connectivity index (χ3n) is 4.07. The van der Waals surface area contributed by atoms with Crippen molar-refractivity contribution in [2.75, 3.05) is 0 Å². The van der Waals surface area contributed by atoms with Crippen molar-refractivity contribution in [3.05, 3.63) is 106 Å². The maximum Gasteiger partial charge on any atom is 0.0715 e. The van der Waals surface area contributed by atoms with Gasteiger partial charge in [0.1, 0.15) is 4.27 Å². The molecule has 258 valence electrons. The van der Waals surface area contributed by atoms with Crippen molar-refractivity contribution in [3.63, 3.8) is 0 Å². The summed E-state index contributed by atoms with van der Waals surface area (Å²) >= 11 is 10.4. The summed E-state index contributed by atoms with van der Waals surface area (Å²) in [6.07, 6.45) is 0. The zero-order chi connectivity index (χ0) is 39.1. The molecule has 0 spiro atoms. The molecule has 0 unspecified atom stereocenters. The molecule has 0 aromatic heterocycles. The maximum atomic E-state index is 10.2. The Balaban J connectivity index is -0.000000551. The van der Waals surface area contributed by atoms with E-state index in [0.29, 0.717) is 0 Å². The summed E-state index contributed by atoms with van der Waals surface area (Å²) in [5.41, 5.74) is -0.333. The van der Waals surface area contributed by atoms with E-state index in [1.807, 2.05) is 0 Å². The van der Waals surface area contributed by atoms with E-state index in [1.165, 1.54) is 6.92 Å². The van der Waals surface area contributed by atoms with Gasteiger partial charge in [-0.3, -0.25) is 0 Å². The second-order valence-electron chi connectivity index (χ2n) is 9.74. The predicted molar refractivity (Wildman–Crippen MR) is 176 cm³/mol. The minimum Gasteiger partial charge on any atom is -0.545 e. The van der Waals surface area contributed by atoms with Crippen LogP contribution in [0.2, 0.25) is 7.87 Å². The third-order valence-corrected chi connectivity index (χ3v) is 4.07. The Bertz CT molecular complexity index is 1190. The van der Waals surface area contributed by atoms with Crippen LogP contribution in [0.25, 0.3) is 0 Å². The molecule has 3 rings (SSSR count). The molecule has 49 heavy (non-hydrogen) atoms. The van der Waals surface area contributed by atoms with Gasteiger partial charge in [0.25, 0.3) is 0 Å². The Hall–Kier alpha value is -3.26. The number of benzene rings is 3. The van der Waals surface area contributed by atoms with Gasteiger partial charge in [-0.2, -0.15) is 0 Å². The molecule has 0 radical (unpaired) electrons. The van der Waals surface area contributed by atoms with E-state index < -0.39 is 40.1 Å². The molecule has 0 saturated heterocycles. The summed E-state index contributed by atoms with van der Waals surface area (Å²) in [5, 5.41) is 69.5. The van der Waals surface area contributed by atoms with Gasteiger partial charge < -0.3 is 64.5 Å². The van der Waals surface area contributed by atoms with Crippen LogP contribution in [-0.4, -0.2) is 90.2 Å². The molecule has 1 N–H and O–H groups in total. The first kappa shape index (κ1) is 50.1. The smallest absolute Gasteiger partial charge is 0.0715 e. The molecular formula is C32H32O13S2Sn2. The summed E-state index contributed by atoms with van der Waals surface area (Å²) in [6.45, 7) is 10.3. The molecule has 0 aliphatic heterocycles. The fourth-order valence-electron chi connectivity index (χ4n) is 2.23. The predicted octanol–water partition coefficient (Wildman–Crippen LogP) is -2.28. The molecule has 3 aromatic rings. The number of rotatable bonds is 6. The van der Waals surface area contributed by atoms with Crippen LogP contribution in [0.5, 0.6) is 0 Å². The summed E-state index contributed by atoms with van der Waals surface area (Å²) < 4.78 is 0.736. The van der Waals surface area contributed by atoms with Crippen LogP contribution in [0.4, 0.5) is 0 Å². The van der Waals surface area contributed by atoms with Crippen molar-refractivity contribution < 1.29 is 64.5 Å². The van der Waals surface area contributed by atoms with E-state index in [2.05, 4.69) is 53.0 Å². The average molecular weight is 926 g/mol. The van der Waals surface area contributed by atoms with Crippen molar-refractivity contribution in [1.82, 2.24) is 0 Å². The fourth-order valence-corrected chi connectivity index (χ4v) is 2.23. The normalized spacial score (nSPS) is 9.59. The van der Waals surface area contributed by atoms with Crippen LogP contribution in [0, 0.1) is 0 Å². The molecule has 0 aliphatic carbocycles. The van der Waals surface area contributed by atoms with Crippen molar-refractivity contribution in [2.24, 2.45) is 0 Å². The van der Waals surface area contributed by atoms with Gasteiger partial charge in [0.2, 0.25) is 0 Å². The van der Waals surface area contributed by atoms with Gasteiger partial charge in [-0.25, -0.2) is 0 Å². The van der Waals surface area contributed by atoms with Gasteiger partial charge in [-0.1, -0.05) is 72.8 Å². The number of hydrogen-bond acceptors (Lipinski definition) is 15. The fraction of sp³-hybridized carbons (Fsp3) is 0.250. The second-order valence-corrected chi connectivity index (χ2v) is 18.4. The van der Waals surface area contributed by atoms with Gasteiger partial charge in [0.05, 0.1) is 35.8 Å². The molecular weight excluding hydrogens is 894 g/mol. The van der Waals surface area contributed by atoms with Gasteiger partial charge in [0, 0.05) is 0 Å². The average Bonchev–Trinajstić information content (AvgIpc) is 2.96. The van der Waals surface area contributed by atoms with Crippen LogP contribution < -0.4 is 30.6 Å². The largest absolute Gasteiger partial charge is 0.545 e. The Labute approximate surface area is 321 Å². The van der Waals surface area contributed by atoms with Crippen molar-refractivity contribution in [1.29, 1.82) is 0 Å². The van der Waals surface area contributed by atoms with E-state index in [-0.39, 0.29) is 33.4 Å². The minimum atomic E-state index is -1.33. The zero-order valence-corrected chi connectivity index (χ0v) is 34.3. The van der Waals surface area contributed by atoms with Gasteiger partial charge in [0.15, 0.2) is 0 Å². The number of thiol groups is 2. The molecule has 0 bridgehead atoms. The first-order chi connectivity index (χ1) is 22.3. The molecule has 3 aromatic carbocycles. The summed E-state index contributed by atoms with van der Waals surface area (Å²) in [7, 11) is 0. The molecule has 0 atom stereocenters. The quantitative estimate of drug-likeness (QED) is 0.134. The van der Waals surface area contributed by atoms with E-state index >= 15 is 0 Å². The van der Waals surface area contributed by atoms with Gasteiger partial charge >= 0.3 is 80.6 Å². The topological polar surface area (TPSA) is 261 Å². The molecule has 0 saturated carbocycles. The van der Waals surface area contributed by atoms with Crippen molar-refractivity contribution >= 4 is 106 Å². The van der Waals surface area contributed by atoms with Crippen molar-refractivity contribution in [2.45, 2.75) is 46.8 Å². The number of carboxylic acids is 6. The number of carbonyl (C=O) groups excluding carboxylic acids is 6. The van der Waals surface area contributed by atoms with Gasteiger partial charge in [-0.05, 0) is 40.3 Å². The number of carboxylic acid groups (broad SMARTS) is 6. The zero-order valence-electron chi connectivity index (χ0n) is 26.8. The van der Waals surface area contributed by atoms with Crippen LogP contribution in [-0.2, 0) is 0 Å². The molecule has 0 heterocycles. The van der Waals surface area contributed by atoms with E-state index in [0.717, 1.165) is 80.7 Å². The van der Waals surface area contributed by atoms with Crippen LogP contribution >= 0.6 is 25.3 Å². The SMILES string of the molecule is CC(O)(S)S.C[CH](C)[Sn+3].C[CH](C)[Sn+3].O=C([O-])c1ccc(C(=O)[O-])cc1.O=C([O-])c1ccc(C(=O)[O-])cc1.O=C([O-])c1ccc(C(=O)[O-])cc1. The molecule has 0 aliphatic rings. The number of aromatic carboxylic acids is 6. The Morgan fingerprint density at radius 1 is 0.469 bits per heavy atom. The van der Waals surface area contributed by atoms with Crippen molar-refractivity contribution in [3.8, 4) is 0 Å². The maximum absolute atomic E-state index is 10.2. The van der Waals surface area contributed by atoms with E-state index in [1.54, 1.807) is 45.0 Å². The van der Waals surface area contributed by atoms with E-state index in [9.17, 15) is 59.4 Å². The Morgan fingerprint density at radius 3 is 0.571 bits per heavy atom. The molecule has 13 nitrogen and oxygen atoms in total. The number of carbonyl (C=O) groups is 6. The van der Waals surface area contributed by atoms with E-state index in [4.69, 9.17) is 5.11 Å². The first-order valence-corrected chi connectivity index (χ1v) is 17.7. The van der Waals surface area contributed by atoms with Crippen LogP contribution in [0.1, 0.15) is 96.8 Å². The standard InChI is InChI=1S/3C8H6O4.2C3H7.C2H6OS2.2Sn/c3*9-7(10)5-1-2-6(4-3-5)8(11)12;2*1-3-2;1-2(3,4)5;;/h3*1-4H,(H,9,10)(H,11,12);2*3H,1-2H3;3-5H,1H3;;/q;;;;;;2*+3/p-6. The van der Waals surface area contributed by atoms with Gasteiger partial charge in [-0.15, -0.1) is 25.3 Å². The molecule has 0 amide bonds. The molecule has 17 heteroatoms. The van der Waals surface area contributed by atoms with Crippen LogP contribution in [0.3, 0.4) is 0 Å². The minimum absolute atomic E-state index is 0.0556. The number of hydrogen-bond donors (Lipinski definition) is 3. The third kappa shape index (κ3) is 31.7. The molecule has 0 fully saturated rings. The first-order valence-electron chi connectivity index (χ1n) is 13.5. The van der Waals surface area contributed by atoms with Crippen LogP contribution in [0.15, 0.2) is 72.8 Å². The number of aliphatic hydroxyl groups is 1.